The van der Waals surface area contributed by atoms with E-state index in [0.717, 1.165) is 25.9 Å². The monoisotopic (exact) mass is 294 g/mol. The van der Waals surface area contributed by atoms with E-state index in [4.69, 9.17) is 0 Å². The van der Waals surface area contributed by atoms with Crippen LogP contribution in [0.25, 0.3) is 0 Å². The molecule has 0 aromatic heterocycles. The molecule has 4 heteroatoms. The van der Waals surface area contributed by atoms with Crippen molar-refractivity contribution in [3.63, 3.8) is 0 Å². The van der Waals surface area contributed by atoms with Gasteiger partial charge >= 0.3 is 0 Å². The summed E-state index contributed by atoms with van der Waals surface area (Å²) in [7, 11) is 0. The molecule has 112 valence electrons. The third-order valence-electron chi connectivity index (χ3n) is 5.89. The molecule has 0 amide bonds. The van der Waals surface area contributed by atoms with Gasteiger partial charge in [-0.25, -0.2) is 0 Å². The number of benzene rings is 1. The number of nitro benzene ring substituents is 1. The Labute approximate surface area is 129 Å². The van der Waals surface area contributed by atoms with E-state index in [1.54, 1.807) is 0 Å². The molecule has 4 atom stereocenters. The van der Waals surface area contributed by atoms with Crippen LogP contribution in [-0.4, -0.2) is 18.0 Å². The Morgan fingerprint density at radius 2 is 1.55 bits per heavy atom. The average molecular weight is 294 g/mol. The van der Waals surface area contributed by atoms with Gasteiger partial charge in [-0.15, -0.1) is 0 Å². The highest BCUT2D eigenvalue weighted by atomic mass is 16.6. The molecule has 2 aliphatic carbocycles. The third-order valence-corrected chi connectivity index (χ3v) is 5.89. The fraction of sp³-hybridized carbons (Fsp3) is 0.444. The Morgan fingerprint density at radius 3 is 2.05 bits per heavy atom. The number of non-ortho nitro benzene ring substituents is 1. The molecule has 2 aliphatic heterocycles. The van der Waals surface area contributed by atoms with Crippen molar-refractivity contribution in [1.29, 1.82) is 0 Å². The topological polar surface area (TPSA) is 46.4 Å². The molecule has 0 spiro atoms. The van der Waals surface area contributed by atoms with Gasteiger partial charge in [-0.1, -0.05) is 24.3 Å². The minimum absolute atomic E-state index is 0.230. The Balaban J connectivity index is 1.77. The Hall–Kier alpha value is -2.10. The summed E-state index contributed by atoms with van der Waals surface area (Å²) >= 11 is 0. The minimum Gasteiger partial charge on any atom is -0.370 e. The summed E-state index contributed by atoms with van der Waals surface area (Å²) in [6, 6.07) is 3.66. The number of fused-ring (bicyclic) bond motifs is 4. The first-order valence-electron chi connectivity index (χ1n) is 8.13. The summed E-state index contributed by atoms with van der Waals surface area (Å²) in [6.45, 7) is 2.19. The number of nitrogens with zero attached hydrogens (tertiary/aromatic N) is 2. The molecule has 0 saturated heterocycles. The van der Waals surface area contributed by atoms with Crippen molar-refractivity contribution in [1.82, 2.24) is 0 Å². The van der Waals surface area contributed by atoms with Crippen LogP contribution >= 0.6 is 0 Å². The lowest BCUT2D eigenvalue weighted by atomic mass is 9.75. The van der Waals surface area contributed by atoms with E-state index in [2.05, 4.69) is 29.2 Å². The van der Waals surface area contributed by atoms with Gasteiger partial charge < -0.3 is 4.90 Å². The van der Waals surface area contributed by atoms with Crippen LogP contribution in [0, 0.1) is 22.0 Å². The van der Waals surface area contributed by atoms with Crippen LogP contribution in [-0.2, 0) is 0 Å². The summed E-state index contributed by atoms with van der Waals surface area (Å²) in [5.74, 6) is 1.92. The summed E-state index contributed by atoms with van der Waals surface area (Å²) in [5, 5.41) is 11.4. The van der Waals surface area contributed by atoms with Gasteiger partial charge in [0.1, 0.15) is 0 Å². The van der Waals surface area contributed by atoms with Crippen molar-refractivity contribution < 1.29 is 4.92 Å². The molecule has 0 radical (unpaired) electrons. The average Bonchev–Trinajstić information content (AvgIpc) is 3.15. The van der Waals surface area contributed by atoms with Crippen LogP contribution in [0.5, 0.6) is 0 Å². The number of hydrogen-bond acceptors (Lipinski definition) is 3. The van der Waals surface area contributed by atoms with E-state index in [-0.39, 0.29) is 10.6 Å². The Bertz CT molecular complexity index is 686. The van der Waals surface area contributed by atoms with Crippen molar-refractivity contribution in [2.45, 2.75) is 24.7 Å². The molecule has 0 N–H and O–H groups in total. The predicted octanol–water partition coefficient (Wildman–Crippen LogP) is 3.75. The smallest absolute Gasteiger partial charge is 0.270 e. The second kappa shape index (κ2) is 4.22. The van der Waals surface area contributed by atoms with Crippen LogP contribution in [0.4, 0.5) is 11.4 Å². The SMILES string of the molecule is O=[N+]([O-])c1cc2c3c(c1)[C@H]1C=CC[C@@H]1CN3C[C@H]1CC=C[C@H]21. The molecule has 0 fully saturated rings. The van der Waals surface area contributed by atoms with Crippen molar-refractivity contribution in [3.8, 4) is 0 Å². The molecule has 4 aliphatic rings. The fourth-order valence-electron chi connectivity index (χ4n) is 4.96. The van der Waals surface area contributed by atoms with E-state index < -0.39 is 0 Å². The molecule has 5 rings (SSSR count). The first-order chi connectivity index (χ1) is 10.7. The maximum atomic E-state index is 11.4. The maximum absolute atomic E-state index is 11.4. The lowest BCUT2D eigenvalue weighted by Crippen LogP contribution is -2.43. The van der Waals surface area contributed by atoms with Gasteiger partial charge in [0.2, 0.25) is 0 Å². The molecule has 22 heavy (non-hydrogen) atoms. The highest BCUT2D eigenvalue weighted by molar-refractivity contribution is 5.71. The first kappa shape index (κ1) is 12.4. The number of anilines is 1. The lowest BCUT2D eigenvalue weighted by molar-refractivity contribution is -0.385. The largest absolute Gasteiger partial charge is 0.370 e. The van der Waals surface area contributed by atoms with Gasteiger partial charge in [0, 0.05) is 42.7 Å². The highest BCUT2D eigenvalue weighted by Crippen LogP contribution is 2.53. The lowest BCUT2D eigenvalue weighted by Gasteiger charge is -2.45. The van der Waals surface area contributed by atoms with Gasteiger partial charge in [0.15, 0.2) is 0 Å². The van der Waals surface area contributed by atoms with E-state index >= 15 is 0 Å². The maximum Gasteiger partial charge on any atom is 0.270 e. The fourth-order valence-corrected chi connectivity index (χ4v) is 4.96. The van der Waals surface area contributed by atoms with Crippen LogP contribution in [0.1, 0.15) is 35.8 Å². The zero-order chi connectivity index (χ0) is 14.8. The molecule has 1 aromatic carbocycles. The van der Waals surface area contributed by atoms with Crippen LogP contribution < -0.4 is 4.90 Å². The third kappa shape index (κ3) is 1.52. The standard InChI is InChI=1S/C18H18N2O2/c21-20(22)13-7-16-14-5-1-3-11(14)9-19-10-12-4-2-6-15(12)17(8-13)18(16)19/h1-2,5-8,11-12,14-15H,3-4,9-10H2/t11-,12-,14+,15+/m1/s1. The zero-order valence-electron chi connectivity index (χ0n) is 12.3. The normalized spacial score (nSPS) is 33.5. The molecule has 4 nitrogen and oxygen atoms in total. The molecule has 2 heterocycles. The van der Waals surface area contributed by atoms with Gasteiger partial charge in [-0.05, 0) is 35.8 Å². The minimum atomic E-state index is -0.230. The number of rotatable bonds is 1. The van der Waals surface area contributed by atoms with Gasteiger partial charge in [-0.2, -0.15) is 0 Å². The first-order valence-corrected chi connectivity index (χ1v) is 8.13. The second-order valence-electron chi connectivity index (χ2n) is 7.03. The Morgan fingerprint density at radius 1 is 1.00 bits per heavy atom. The van der Waals surface area contributed by atoms with E-state index in [0.29, 0.717) is 23.7 Å². The molecular weight excluding hydrogens is 276 g/mol. The molecular formula is C18H18N2O2. The summed E-state index contributed by atoms with van der Waals surface area (Å²) in [6.07, 6.45) is 11.2. The predicted molar refractivity (Wildman–Crippen MR) is 85.3 cm³/mol. The highest BCUT2D eigenvalue weighted by Gasteiger charge is 2.43. The zero-order valence-corrected chi connectivity index (χ0v) is 12.3. The number of hydrogen-bond donors (Lipinski definition) is 0. The Kier molecular flexibility index (Phi) is 2.38. The van der Waals surface area contributed by atoms with E-state index in [1.807, 2.05) is 12.1 Å². The van der Waals surface area contributed by atoms with Crippen LogP contribution in [0.2, 0.25) is 0 Å². The van der Waals surface area contributed by atoms with E-state index in [9.17, 15) is 10.1 Å². The van der Waals surface area contributed by atoms with Crippen molar-refractivity contribution in [2.75, 3.05) is 18.0 Å². The molecule has 0 unspecified atom stereocenters. The van der Waals surface area contributed by atoms with Crippen molar-refractivity contribution in [3.05, 3.63) is 57.7 Å². The van der Waals surface area contributed by atoms with Crippen LogP contribution in [0.15, 0.2) is 36.4 Å². The molecule has 0 saturated carbocycles. The molecule has 1 aromatic rings. The van der Waals surface area contributed by atoms with Gasteiger partial charge in [-0.3, -0.25) is 10.1 Å². The van der Waals surface area contributed by atoms with Crippen molar-refractivity contribution >= 4 is 11.4 Å². The number of allylic oxidation sites excluding steroid dienone is 4. The molecule has 0 bridgehead atoms. The van der Waals surface area contributed by atoms with Gasteiger partial charge in [0.25, 0.3) is 5.69 Å². The summed E-state index contributed by atoms with van der Waals surface area (Å²) < 4.78 is 0. The van der Waals surface area contributed by atoms with Gasteiger partial charge in [0.05, 0.1) is 4.92 Å². The summed E-state index contributed by atoms with van der Waals surface area (Å²) in [4.78, 5) is 13.7. The van der Waals surface area contributed by atoms with Crippen molar-refractivity contribution in [2.24, 2.45) is 11.8 Å². The van der Waals surface area contributed by atoms with Crippen LogP contribution in [0.3, 0.4) is 0 Å². The quantitative estimate of drug-likeness (QED) is 0.450. The summed E-state index contributed by atoms with van der Waals surface area (Å²) in [5.41, 5.74) is 3.93. The second-order valence-corrected chi connectivity index (χ2v) is 7.03. The number of nitro groups is 1. The van der Waals surface area contributed by atoms with E-state index in [1.165, 1.54) is 16.8 Å².